The Morgan fingerprint density at radius 3 is 2.49 bits per heavy atom. The van der Waals surface area contributed by atoms with Crippen LogP contribution in [0.25, 0.3) is 6.08 Å². The lowest BCUT2D eigenvalue weighted by molar-refractivity contribution is -0.384. The monoisotopic (exact) mass is 595 g/mol. The Balaban J connectivity index is 1.69. The molecule has 0 N–H and O–H groups in total. The number of carbonyl (C=O) groups excluding carboxylic acids is 1. The van der Waals surface area contributed by atoms with Gasteiger partial charge in [0.2, 0.25) is 0 Å². The number of hydrogen-bond donors (Lipinski definition) is 0. The Morgan fingerprint density at radius 2 is 1.85 bits per heavy atom. The Bertz CT molecular complexity index is 1720. The Kier molecular flexibility index (Phi) is 8.12. The maximum atomic E-state index is 14.0. The summed E-state index contributed by atoms with van der Waals surface area (Å²) in [4.78, 5) is 48.0. The van der Waals surface area contributed by atoms with Gasteiger partial charge in [0.15, 0.2) is 4.80 Å². The van der Waals surface area contributed by atoms with Crippen molar-refractivity contribution in [1.82, 2.24) is 9.47 Å². The lowest BCUT2D eigenvalue weighted by atomic mass is 9.96. The number of esters is 1. The molecule has 1 fully saturated rings. The zero-order valence-corrected chi connectivity index (χ0v) is 24.7. The number of halogens is 1. The lowest BCUT2D eigenvalue weighted by Gasteiger charge is -2.34. The van der Waals surface area contributed by atoms with Gasteiger partial charge in [-0.15, -0.1) is 0 Å². The molecule has 2 aromatic carbocycles. The third-order valence-electron chi connectivity index (χ3n) is 7.12. The van der Waals surface area contributed by atoms with E-state index in [9.17, 15) is 19.7 Å². The first-order chi connectivity index (χ1) is 19.5. The van der Waals surface area contributed by atoms with Gasteiger partial charge in [0, 0.05) is 54.6 Å². The number of allylic oxidation sites excluding steroid dienone is 1. The molecule has 1 saturated heterocycles. The quantitative estimate of drug-likeness (QED) is 0.244. The van der Waals surface area contributed by atoms with E-state index in [0.29, 0.717) is 31.2 Å². The van der Waals surface area contributed by atoms with Crippen LogP contribution in [0.3, 0.4) is 0 Å². The van der Waals surface area contributed by atoms with Crippen LogP contribution in [0.4, 0.5) is 11.4 Å². The zero-order valence-electron chi connectivity index (χ0n) is 23.2. The van der Waals surface area contributed by atoms with E-state index in [2.05, 4.69) is 21.8 Å². The predicted octanol–water partition coefficient (Wildman–Crippen LogP) is 3.50. The number of ether oxygens (including phenoxy) is 1. The first-order valence-corrected chi connectivity index (χ1v) is 14.4. The number of hydrogen-bond acceptors (Lipinski definition) is 9. The van der Waals surface area contributed by atoms with Gasteiger partial charge in [0.25, 0.3) is 11.2 Å². The highest BCUT2D eigenvalue weighted by molar-refractivity contribution is 7.07. The number of nitro benzene ring substituents is 1. The van der Waals surface area contributed by atoms with E-state index in [1.807, 2.05) is 0 Å². The second-order valence-electron chi connectivity index (χ2n) is 10.4. The molecule has 5 rings (SSSR count). The van der Waals surface area contributed by atoms with Crippen molar-refractivity contribution in [3.63, 3.8) is 0 Å². The highest BCUT2D eigenvalue weighted by Crippen LogP contribution is 2.32. The SMILES string of the molecule is CC1=C(C(=O)OC(C)C)C(c2ccc(Cl)cc2)n2c(sc(=Cc3cc([N+](=O)[O-])ccc3N3CCN(C)CC3)c2=O)=N1. The van der Waals surface area contributed by atoms with Crippen molar-refractivity contribution in [3.8, 4) is 0 Å². The molecule has 0 amide bonds. The molecule has 10 nitrogen and oxygen atoms in total. The molecule has 0 aliphatic carbocycles. The van der Waals surface area contributed by atoms with E-state index >= 15 is 0 Å². The van der Waals surface area contributed by atoms with E-state index < -0.39 is 16.9 Å². The first-order valence-electron chi connectivity index (χ1n) is 13.2. The largest absolute Gasteiger partial charge is 0.459 e. The number of carbonyl (C=O) groups is 1. The molecule has 0 spiro atoms. The number of aromatic nitrogens is 1. The number of non-ortho nitro benzene ring substituents is 1. The number of piperazine rings is 1. The average molecular weight is 596 g/mol. The minimum atomic E-state index is -0.779. The maximum Gasteiger partial charge on any atom is 0.338 e. The van der Waals surface area contributed by atoms with Crippen molar-refractivity contribution in [3.05, 3.63) is 99.7 Å². The Morgan fingerprint density at radius 1 is 1.17 bits per heavy atom. The second-order valence-corrected chi connectivity index (χ2v) is 11.8. The summed E-state index contributed by atoms with van der Waals surface area (Å²) < 4.78 is 7.39. The van der Waals surface area contributed by atoms with Crippen LogP contribution in [0.1, 0.15) is 37.9 Å². The van der Waals surface area contributed by atoms with Crippen molar-refractivity contribution in [2.75, 3.05) is 38.1 Å². The van der Waals surface area contributed by atoms with Gasteiger partial charge in [-0.05, 0) is 57.7 Å². The first kappa shape index (κ1) is 28.7. The van der Waals surface area contributed by atoms with E-state index in [-0.39, 0.29) is 22.9 Å². The van der Waals surface area contributed by atoms with Crippen LogP contribution in [0.15, 0.2) is 63.5 Å². The number of benzene rings is 2. The van der Waals surface area contributed by atoms with Crippen LogP contribution in [-0.4, -0.2) is 59.7 Å². The Hall–Kier alpha value is -3.80. The van der Waals surface area contributed by atoms with Gasteiger partial charge in [-0.1, -0.05) is 35.1 Å². The van der Waals surface area contributed by atoms with Crippen LogP contribution in [0, 0.1) is 10.1 Å². The van der Waals surface area contributed by atoms with Crippen LogP contribution in [-0.2, 0) is 9.53 Å². The molecule has 3 aromatic rings. The molecule has 0 radical (unpaired) electrons. The molecule has 41 heavy (non-hydrogen) atoms. The van der Waals surface area contributed by atoms with Gasteiger partial charge in [-0.3, -0.25) is 19.5 Å². The molecule has 0 saturated carbocycles. The Labute approximate surface area is 245 Å². The zero-order chi connectivity index (χ0) is 29.4. The molecule has 12 heteroatoms. The normalized spacial score (nSPS) is 18.0. The molecule has 2 aliphatic rings. The number of nitrogens with zero attached hydrogens (tertiary/aromatic N) is 5. The molecule has 214 valence electrons. The van der Waals surface area contributed by atoms with Gasteiger partial charge >= 0.3 is 5.97 Å². The summed E-state index contributed by atoms with van der Waals surface area (Å²) in [5.41, 5.74) is 2.39. The minimum absolute atomic E-state index is 0.0597. The number of anilines is 1. The fraction of sp³-hybridized carbons (Fsp3) is 0.345. The van der Waals surface area contributed by atoms with Crippen molar-refractivity contribution in [2.24, 2.45) is 4.99 Å². The molecule has 3 heterocycles. The molecular weight excluding hydrogens is 566 g/mol. The molecular formula is C29H30ClN5O5S. The van der Waals surface area contributed by atoms with Crippen molar-refractivity contribution < 1.29 is 14.5 Å². The summed E-state index contributed by atoms with van der Waals surface area (Å²) in [5.74, 6) is -0.550. The van der Waals surface area contributed by atoms with Crippen LogP contribution in [0.5, 0.6) is 0 Å². The summed E-state index contributed by atoms with van der Waals surface area (Å²) in [6, 6.07) is 10.9. The fourth-order valence-electron chi connectivity index (χ4n) is 5.07. The van der Waals surface area contributed by atoms with E-state index in [0.717, 1.165) is 31.9 Å². The molecule has 2 aliphatic heterocycles. The van der Waals surface area contributed by atoms with Gasteiger partial charge in [-0.25, -0.2) is 9.79 Å². The standard InChI is InChI=1S/C29H30ClN5O5S/c1-17(2)40-28(37)25-18(3)31-29-34(26(25)19-5-7-21(30)8-6-19)27(36)24(41-29)16-20-15-22(35(38)39)9-10-23(20)33-13-11-32(4)12-14-33/h5-10,15-17,26H,11-14H2,1-4H3. The topological polar surface area (TPSA) is 110 Å². The molecule has 1 atom stereocenters. The van der Waals surface area contributed by atoms with E-state index in [1.165, 1.54) is 28.0 Å². The summed E-state index contributed by atoms with van der Waals surface area (Å²) in [5, 5.41) is 12.2. The fourth-order valence-corrected chi connectivity index (χ4v) is 6.23. The van der Waals surface area contributed by atoms with Crippen LogP contribution < -0.4 is 19.8 Å². The summed E-state index contributed by atoms with van der Waals surface area (Å²) in [6.07, 6.45) is 1.33. The number of likely N-dealkylation sites (N-methyl/N-ethyl adjacent to an activating group) is 1. The minimum Gasteiger partial charge on any atom is -0.459 e. The number of rotatable bonds is 6. The third kappa shape index (κ3) is 5.83. The average Bonchev–Trinajstić information content (AvgIpc) is 3.22. The number of fused-ring (bicyclic) bond motifs is 1. The van der Waals surface area contributed by atoms with Crippen LogP contribution in [0.2, 0.25) is 5.02 Å². The van der Waals surface area contributed by atoms with E-state index in [4.69, 9.17) is 16.3 Å². The highest BCUT2D eigenvalue weighted by Gasteiger charge is 2.34. The predicted molar refractivity (Wildman–Crippen MR) is 159 cm³/mol. The number of thiazole rings is 1. The van der Waals surface area contributed by atoms with Gasteiger partial charge in [0.05, 0.1) is 32.9 Å². The smallest absolute Gasteiger partial charge is 0.338 e. The van der Waals surface area contributed by atoms with Crippen molar-refractivity contribution in [2.45, 2.75) is 32.9 Å². The lowest BCUT2D eigenvalue weighted by Crippen LogP contribution is -2.44. The van der Waals surface area contributed by atoms with Gasteiger partial charge in [-0.2, -0.15) is 0 Å². The molecule has 1 aromatic heterocycles. The van der Waals surface area contributed by atoms with Gasteiger partial charge in [0.1, 0.15) is 0 Å². The third-order valence-corrected chi connectivity index (χ3v) is 8.36. The molecule has 0 bridgehead atoms. The maximum absolute atomic E-state index is 14.0. The number of nitro groups is 1. The van der Waals surface area contributed by atoms with Crippen LogP contribution >= 0.6 is 22.9 Å². The van der Waals surface area contributed by atoms with Crippen molar-refractivity contribution >= 4 is 46.4 Å². The van der Waals surface area contributed by atoms with E-state index in [1.54, 1.807) is 57.2 Å². The summed E-state index contributed by atoms with van der Waals surface area (Å²) in [7, 11) is 2.05. The van der Waals surface area contributed by atoms with Gasteiger partial charge < -0.3 is 14.5 Å². The summed E-state index contributed by atoms with van der Waals surface area (Å²) in [6.45, 7) is 8.47. The molecule has 1 unspecified atom stereocenters. The highest BCUT2D eigenvalue weighted by atomic mass is 35.5. The van der Waals surface area contributed by atoms with Crippen molar-refractivity contribution in [1.29, 1.82) is 0 Å². The summed E-state index contributed by atoms with van der Waals surface area (Å²) >= 11 is 7.33. The second kappa shape index (κ2) is 11.6.